The molecule has 1 heterocycles. The number of rotatable bonds is 3. The van der Waals surface area contributed by atoms with Crippen molar-refractivity contribution in [2.24, 2.45) is 0 Å². The van der Waals surface area contributed by atoms with Gasteiger partial charge in [0.25, 0.3) is 0 Å². The Balaban J connectivity index is 1.93. The van der Waals surface area contributed by atoms with Crippen molar-refractivity contribution >= 4 is 37.5 Å². The van der Waals surface area contributed by atoms with E-state index in [9.17, 15) is 13.2 Å². The summed E-state index contributed by atoms with van der Waals surface area (Å²) < 4.78 is 28.1. The van der Waals surface area contributed by atoms with Gasteiger partial charge in [-0.15, -0.1) is 0 Å². The summed E-state index contributed by atoms with van der Waals surface area (Å²) in [4.78, 5) is 11.6. The van der Waals surface area contributed by atoms with Crippen molar-refractivity contribution in [2.45, 2.75) is 43.0 Å². The molecular weight excluding hydrogens is 344 g/mol. The van der Waals surface area contributed by atoms with Gasteiger partial charge in [0.15, 0.2) is 0 Å². The lowest BCUT2D eigenvalue weighted by molar-refractivity contribution is -0.115. The molecule has 20 heavy (non-hydrogen) atoms. The van der Waals surface area contributed by atoms with Gasteiger partial charge >= 0.3 is 0 Å². The highest BCUT2D eigenvalue weighted by Gasteiger charge is 2.27. The van der Waals surface area contributed by atoms with Crippen molar-refractivity contribution in [1.29, 1.82) is 0 Å². The molecule has 1 aliphatic heterocycles. The molecule has 0 radical (unpaired) electrons. The Labute approximate surface area is 126 Å². The van der Waals surface area contributed by atoms with E-state index in [1.54, 1.807) is 12.1 Å². The molecule has 2 N–H and O–H groups in total. The van der Waals surface area contributed by atoms with E-state index < -0.39 is 10.0 Å². The van der Waals surface area contributed by atoms with Gasteiger partial charge in [0.1, 0.15) is 0 Å². The fraction of sp³-hybridized carbons (Fsp3) is 0.462. The van der Waals surface area contributed by atoms with Crippen molar-refractivity contribution in [3.63, 3.8) is 0 Å². The van der Waals surface area contributed by atoms with Crippen LogP contribution in [0.25, 0.3) is 0 Å². The van der Waals surface area contributed by atoms with Crippen LogP contribution >= 0.6 is 15.9 Å². The molecule has 5 nitrogen and oxygen atoms in total. The second kappa shape index (κ2) is 5.13. The van der Waals surface area contributed by atoms with Crippen LogP contribution in [-0.2, 0) is 21.2 Å². The molecule has 0 atom stereocenters. The normalized spacial score (nSPS) is 19.1. The van der Waals surface area contributed by atoms with Crippen LogP contribution in [0.5, 0.6) is 0 Å². The molecule has 1 aromatic carbocycles. The molecule has 1 aliphatic carbocycles. The number of halogens is 1. The average molecular weight is 359 g/mol. The lowest BCUT2D eigenvalue weighted by atomic mass is 10.2. The van der Waals surface area contributed by atoms with Gasteiger partial charge in [-0.2, -0.15) is 0 Å². The Morgan fingerprint density at radius 1 is 1.25 bits per heavy atom. The third-order valence-corrected chi connectivity index (χ3v) is 6.23. The van der Waals surface area contributed by atoms with Crippen LogP contribution in [0.2, 0.25) is 0 Å². The summed E-state index contributed by atoms with van der Waals surface area (Å²) in [7, 11) is -3.55. The first-order valence-corrected chi connectivity index (χ1v) is 8.88. The fourth-order valence-electron chi connectivity index (χ4n) is 2.76. The number of benzene rings is 1. The highest BCUT2D eigenvalue weighted by Crippen LogP contribution is 2.33. The summed E-state index contributed by atoms with van der Waals surface area (Å²) in [5, 5.41) is 2.71. The van der Waals surface area contributed by atoms with Crippen LogP contribution < -0.4 is 10.0 Å². The monoisotopic (exact) mass is 358 g/mol. The Hall–Kier alpha value is -0.920. The summed E-state index contributed by atoms with van der Waals surface area (Å²) >= 11 is 3.28. The summed E-state index contributed by atoms with van der Waals surface area (Å²) in [5.74, 6) is -0.106. The molecule has 1 aromatic rings. The Kier molecular flexibility index (Phi) is 3.60. The number of sulfonamides is 1. The number of carbonyl (C=O) groups excluding carboxylic acids is 1. The summed E-state index contributed by atoms with van der Waals surface area (Å²) in [6, 6.07) is 3.26. The van der Waals surface area contributed by atoms with E-state index in [2.05, 4.69) is 26.0 Å². The Morgan fingerprint density at radius 3 is 2.65 bits per heavy atom. The number of hydrogen-bond acceptors (Lipinski definition) is 3. The molecule has 0 aromatic heterocycles. The minimum absolute atomic E-state index is 0.0277. The number of nitrogens with one attached hydrogen (secondary N) is 2. The summed E-state index contributed by atoms with van der Waals surface area (Å²) in [5.41, 5.74) is 1.41. The van der Waals surface area contributed by atoms with Gasteiger partial charge in [-0.25, -0.2) is 13.1 Å². The van der Waals surface area contributed by atoms with Gasteiger partial charge in [-0.3, -0.25) is 4.79 Å². The summed E-state index contributed by atoms with van der Waals surface area (Å²) in [6.07, 6.45) is 4.14. The minimum atomic E-state index is -3.55. The lowest BCUT2D eigenvalue weighted by Gasteiger charge is -2.14. The quantitative estimate of drug-likeness (QED) is 0.869. The van der Waals surface area contributed by atoms with Crippen molar-refractivity contribution in [2.75, 3.05) is 5.32 Å². The number of amides is 1. The predicted octanol–water partition coefficient (Wildman–Crippen LogP) is 2.16. The van der Waals surface area contributed by atoms with Crippen LogP contribution in [0, 0.1) is 0 Å². The maximum absolute atomic E-state index is 12.4. The first kappa shape index (κ1) is 14.0. The first-order chi connectivity index (χ1) is 9.45. The fourth-order valence-corrected chi connectivity index (χ4v) is 5.16. The second-order valence-electron chi connectivity index (χ2n) is 5.27. The minimum Gasteiger partial charge on any atom is -0.325 e. The highest BCUT2D eigenvalue weighted by atomic mass is 79.9. The van der Waals surface area contributed by atoms with Gasteiger partial charge in [-0.05, 0) is 46.5 Å². The van der Waals surface area contributed by atoms with E-state index in [4.69, 9.17) is 0 Å². The van der Waals surface area contributed by atoms with Gasteiger partial charge in [0.05, 0.1) is 11.3 Å². The maximum atomic E-state index is 12.4. The van der Waals surface area contributed by atoms with Crippen LogP contribution in [-0.4, -0.2) is 20.4 Å². The average Bonchev–Trinajstić information content (AvgIpc) is 2.95. The molecule has 108 valence electrons. The molecule has 0 bridgehead atoms. The maximum Gasteiger partial charge on any atom is 0.241 e. The first-order valence-electron chi connectivity index (χ1n) is 6.60. The smallest absolute Gasteiger partial charge is 0.241 e. The van der Waals surface area contributed by atoms with Crippen molar-refractivity contribution in [1.82, 2.24) is 4.72 Å². The third kappa shape index (κ3) is 2.62. The third-order valence-electron chi connectivity index (χ3n) is 3.75. The molecule has 1 fully saturated rings. The summed E-state index contributed by atoms with van der Waals surface area (Å²) in [6.45, 7) is 0. The predicted molar refractivity (Wildman–Crippen MR) is 79.1 cm³/mol. The standard InChI is InChI=1S/C13H15BrN2O3S/c14-10-7-11-8(6-13(17)15-11)5-12(10)20(18,19)16-9-3-1-2-4-9/h5,7,9,16H,1-4,6H2,(H,15,17). The van der Waals surface area contributed by atoms with E-state index in [0.717, 1.165) is 31.2 Å². The van der Waals surface area contributed by atoms with E-state index >= 15 is 0 Å². The molecule has 2 aliphatic rings. The number of hydrogen-bond donors (Lipinski definition) is 2. The van der Waals surface area contributed by atoms with E-state index in [-0.39, 0.29) is 23.3 Å². The molecule has 0 saturated heterocycles. The zero-order valence-electron chi connectivity index (χ0n) is 10.8. The number of carbonyl (C=O) groups is 1. The zero-order valence-corrected chi connectivity index (χ0v) is 13.2. The Morgan fingerprint density at radius 2 is 1.95 bits per heavy atom. The van der Waals surface area contributed by atoms with Crippen LogP contribution in [0.4, 0.5) is 5.69 Å². The largest absolute Gasteiger partial charge is 0.325 e. The van der Waals surface area contributed by atoms with Gasteiger partial charge in [-0.1, -0.05) is 12.8 Å². The van der Waals surface area contributed by atoms with E-state index in [1.807, 2.05) is 0 Å². The number of fused-ring (bicyclic) bond motifs is 1. The zero-order chi connectivity index (χ0) is 14.3. The van der Waals surface area contributed by atoms with Crippen molar-refractivity contribution < 1.29 is 13.2 Å². The Bertz CT molecular complexity index is 666. The molecule has 1 saturated carbocycles. The van der Waals surface area contributed by atoms with Gasteiger partial charge < -0.3 is 5.32 Å². The van der Waals surface area contributed by atoms with Crippen LogP contribution in [0.1, 0.15) is 31.2 Å². The van der Waals surface area contributed by atoms with Crippen molar-refractivity contribution in [3.8, 4) is 0 Å². The van der Waals surface area contributed by atoms with E-state index in [0.29, 0.717) is 10.2 Å². The molecule has 7 heteroatoms. The van der Waals surface area contributed by atoms with Crippen molar-refractivity contribution in [3.05, 3.63) is 22.2 Å². The van der Waals surface area contributed by atoms with E-state index in [1.165, 1.54) is 0 Å². The lowest BCUT2D eigenvalue weighted by Crippen LogP contribution is -2.32. The topological polar surface area (TPSA) is 75.3 Å². The molecule has 0 unspecified atom stereocenters. The van der Waals surface area contributed by atoms with Crippen LogP contribution in [0.15, 0.2) is 21.5 Å². The molecule has 3 rings (SSSR count). The second-order valence-corrected chi connectivity index (χ2v) is 7.80. The van der Waals surface area contributed by atoms with Crippen LogP contribution in [0.3, 0.4) is 0 Å². The number of anilines is 1. The SMILES string of the molecule is O=C1Cc2cc(S(=O)(=O)NC3CCCC3)c(Br)cc2N1. The highest BCUT2D eigenvalue weighted by molar-refractivity contribution is 9.10. The molecule has 0 spiro atoms. The van der Waals surface area contributed by atoms with Gasteiger partial charge in [0, 0.05) is 16.2 Å². The molecule has 1 amide bonds. The van der Waals surface area contributed by atoms with Gasteiger partial charge in [0.2, 0.25) is 15.9 Å². The molecular formula is C13H15BrN2O3S.